The van der Waals surface area contributed by atoms with Crippen molar-refractivity contribution >= 4 is 21.7 Å². The van der Waals surface area contributed by atoms with Gasteiger partial charge in [0.25, 0.3) is 0 Å². The van der Waals surface area contributed by atoms with Crippen LogP contribution in [0.5, 0.6) is 0 Å². The van der Waals surface area contributed by atoms with E-state index in [1.54, 1.807) is 6.20 Å². The molecule has 5 heteroatoms. The lowest BCUT2D eigenvalue weighted by Crippen LogP contribution is -2.32. The van der Waals surface area contributed by atoms with Crippen molar-refractivity contribution in [1.82, 2.24) is 10.3 Å². The van der Waals surface area contributed by atoms with Crippen LogP contribution in [0.25, 0.3) is 0 Å². The minimum absolute atomic E-state index is 0.456. The average molecular weight is 314 g/mol. The normalized spacial score (nSPS) is 16.7. The predicted molar refractivity (Wildman–Crippen MR) is 76.9 cm³/mol. The number of piperidine rings is 1. The molecule has 100 valence electrons. The first-order chi connectivity index (χ1) is 8.84. The number of hydrogen-bond acceptors (Lipinski definition) is 4. The van der Waals surface area contributed by atoms with Crippen LogP contribution in [0.3, 0.4) is 0 Å². The third-order valence-corrected chi connectivity index (χ3v) is 3.46. The summed E-state index contributed by atoms with van der Waals surface area (Å²) in [5.41, 5.74) is 0. The summed E-state index contributed by atoms with van der Waals surface area (Å²) >= 11 is 3.37. The summed E-state index contributed by atoms with van der Waals surface area (Å²) in [6, 6.07) is 3.96. The van der Waals surface area contributed by atoms with Gasteiger partial charge >= 0.3 is 0 Å². The quantitative estimate of drug-likeness (QED) is 0.792. The summed E-state index contributed by atoms with van der Waals surface area (Å²) in [7, 11) is 0. The first kappa shape index (κ1) is 13.8. The number of aromatic nitrogens is 1. The molecule has 0 aromatic carbocycles. The van der Waals surface area contributed by atoms with Crippen LogP contribution in [0.4, 0.5) is 5.82 Å². The zero-order valence-electron chi connectivity index (χ0n) is 10.5. The van der Waals surface area contributed by atoms with Gasteiger partial charge in [0, 0.05) is 23.8 Å². The summed E-state index contributed by atoms with van der Waals surface area (Å²) in [6.07, 6.45) is 5.55. The van der Waals surface area contributed by atoms with E-state index in [-0.39, 0.29) is 0 Å². The Bertz CT molecular complexity index is 339. The van der Waals surface area contributed by atoms with Crippen molar-refractivity contribution in [1.29, 1.82) is 0 Å². The van der Waals surface area contributed by atoms with E-state index in [0.717, 1.165) is 55.8 Å². The Labute approximate surface area is 117 Å². The third-order valence-electron chi connectivity index (χ3n) is 2.99. The van der Waals surface area contributed by atoms with Gasteiger partial charge in [-0.2, -0.15) is 0 Å². The number of halogens is 1. The molecule has 0 atom stereocenters. The van der Waals surface area contributed by atoms with E-state index < -0.39 is 0 Å². The smallest absolute Gasteiger partial charge is 0.125 e. The highest BCUT2D eigenvalue weighted by Gasteiger charge is 2.12. The highest BCUT2D eigenvalue weighted by atomic mass is 79.9. The minimum Gasteiger partial charge on any atom is -0.378 e. The van der Waals surface area contributed by atoms with E-state index in [1.807, 2.05) is 12.1 Å². The van der Waals surface area contributed by atoms with Crippen LogP contribution in [0.15, 0.2) is 22.8 Å². The standard InChI is InChI=1S/C13H20BrN3O/c14-11-2-3-13(17-10-11)16-6-1-9-18-12-4-7-15-8-5-12/h2-3,10,12,15H,1,4-9H2,(H,16,17). The number of ether oxygens (including phenoxy) is 1. The second kappa shape index (κ2) is 7.71. The molecule has 2 N–H and O–H groups in total. The van der Waals surface area contributed by atoms with Gasteiger partial charge in [0.2, 0.25) is 0 Å². The summed E-state index contributed by atoms with van der Waals surface area (Å²) in [4.78, 5) is 4.26. The van der Waals surface area contributed by atoms with Gasteiger partial charge in [0.05, 0.1) is 6.10 Å². The molecule has 18 heavy (non-hydrogen) atoms. The maximum absolute atomic E-state index is 5.83. The van der Waals surface area contributed by atoms with Gasteiger partial charge in [-0.15, -0.1) is 0 Å². The number of nitrogens with zero attached hydrogens (tertiary/aromatic N) is 1. The highest BCUT2D eigenvalue weighted by Crippen LogP contribution is 2.10. The van der Waals surface area contributed by atoms with E-state index in [0.29, 0.717) is 6.10 Å². The number of hydrogen-bond donors (Lipinski definition) is 2. The average Bonchev–Trinajstić information content (AvgIpc) is 2.42. The van der Waals surface area contributed by atoms with Gasteiger partial charge < -0.3 is 15.4 Å². The Morgan fingerprint density at radius 2 is 2.22 bits per heavy atom. The second-order valence-corrected chi connectivity index (χ2v) is 5.38. The van der Waals surface area contributed by atoms with Crippen molar-refractivity contribution in [3.8, 4) is 0 Å². The lowest BCUT2D eigenvalue weighted by molar-refractivity contribution is 0.0329. The Balaban J connectivity index is 1.54. The number of anilines is 1. The van der Waals surface area contributed by atoms with E-state index >= 15 is 0 Å². The topological polar surface area (TPSA) is 46.2 Å². The van der Waals surface area contributed by atoms with E-state index in [1.165, 1.54) is 0 Å². The monoisotopic (exact) mass is 313 g/mol. The van der Waals surface area contributed by atoms with Crippen molar-refractivity contribution in [2.45, 2.75) is 25.4 Å². The van der Waals surface area contributed by atoms with Crippen molar-refractivity contribution in [2.24, 2.45) is 0 Å². The second-order valence-electron chi connectivity index (χ2n) is 4.46. The third kappa shape index (κ3) is 4.92. The molecule has 0 bridgehead atoms. The molecular formula is C13H20BrN3O. The molecule has 4 nitrogen and oxygen atoms in total. The van der Waals surface area contributed by atoms with Gasteiger partial charge in [0.1, 0.15) is 5.82 Å². The van der Waals surface area contributed by atoms with Gasteiger partial charge in [0.15, 0.2) is 0 Å². The molecule has 1 aliphatic heterocycles. The Kier molecular flexibility index (Phi) is 5.90. The molecule has 0 radical (unpaired) electrons. The van der Waals surface area contributed by atoms with E-state index in [2.05, 4.69) is 31.5 Å². The number of nitrogens with one attached hydrogen (secondary N) is 2. The van der Waals surface area contributed by atoms with E-state index in [4.69, 9.17) is 4.74 Å². The molecular weight excluding hydrogens is 294 g/mol. The largest absolute Gasteiger partial charge is 0.378 e. The van der Waals surface area contributed by atoms with Crippen LogP contribution in [0.2, 0.25) is 0 Å². The molecule has 1 fully saturated rings. The molecule has 2 rings (SSSR count). The lowest BCUT2D eigenvalue weighted by atomic mass is 10.1. The summed E-state index contributed by atoms with van der Waals surface area (Å²) < 4.78 is 6.83. The fourth-order valence-corrected chi connectivity index (χ4v) is 2.22. The van der Waals surface area contributed by atoms with Crippen LogP contribution in [0, 0.1) is 0 Å². The Morgan fingerprint density at radius 1 is 1.39 bits per heavy atom. The molecule has 0 saturated carbocycles. The van der Waals surface area contributed by atoms with Crippen LogP contribution in [-0.4, -0.2) is 37.3 Å². The molecule has 0 unspecified atom stereocenters. The molecule has 0 aliphatic carbocycles. The molecule has 0 spiro atoms. The summed E-state index contributed by atoms with van der Waals surface area (Å²) in [5, 5.41) is 6.62. The zero-order valence-corrected chi connectivity index (χ0v) is 12.1. The predicted octanol–water partition coefficient (Wildman–Crippen LogP) is 2.41. The maximum Gasteiger partial charge on any atom is 0.125 e. The SMILES string of the molecule is Brc1ccc(NCCCOC2CCNCC2)nc1. The van der Waals surface area contributed by atoms with Gasteiger partial charge in [-0.1, -0.05) is 0 Å². The fraction of sp³-hybridized carbons (Fsp3) is 0.615. The van der Waals surface area contributed by atoms with Crippen molar-refractivity contribution in [3.63, 3.8) is 0 Å². The van der Waals surface area contributed by atoms with Crippen molar-refractivity contribution < 1.29 is 4.74 Å². The molecule has 1 aliphatic rings. The minimum atomic E-state index is 0.456. The van der Waals surface area contributed by atoms with Crippen LogP contribution in [-0.2, 0) is 4.74 Å². The first-order valence-electron chi connectivity index (χ1n) is 6.52. The highest BCUT2D eigenvalue weighted by molar-refractivity contribution is 9.10. The molecule has 2 heterocycles. The van der Waals surface area contributed by atoms with Gasteiger partial charge in [-0.3, -0.25) is 0 Å². The summed E-state index contributed by atoms with van der Waals surface area (Å²) in [6.45, 7) is 3.91. The van der Waals surface area contributed by atoms with Crippen LogP contribution < -0.4 is 10.6 Å². The fourth-order valence-electron chi connectivity index (χ4n) is 1.98. The van der Waals surface area contributed by atoms with Crippen molar-refractivity contribution in [3.05, 3.63) is 22.8 Å². The Hall–Kier alpha value is -0.650. The van der Waals surface area contributed by atoms with Crippen molar-refractivity contribution in [2.75, 3.05) is 31.6 Å². The number of pyridine rings is 1. The molecule has 1 aromatic heterocycles. The van der Waals surface area contributed by atoms with Gasteiger partial charge in [-0.25, -0.2) is 4.98 Å². The van der Waals surface area contributed by atoms with Crippen LogP contribution >= 0.6 is 15.9 Å². The Morgan fingerprint density at radius 3 is 2.94 bits per heavy atom. The molecule has 0 amide bonds. The molecule has 1 saturated heterocycles. The first-order valence-corrected chi connectivity index (χ1v) is 7.31. The zero-order chi connectivity index (χ0) is 12.6. The summed E-state index contributed by atoms with van der Waals surface area (Å²) in [5.74, 6) is 0.917. The number of rotatable bonds is 6. The van der Waals surface area contributed by atoms with E-state index in [9.17, 15) is 0 Å². The molecule has 1 aromatic rings. The van der Waals surface area contributed by atoms with Gasteiger partial charge in [-0.05, 0) is 60.4 Å². The maximum atomic E-state index is 5.83. The lowest BCUT2D eigenvalue weighted by Gasteiger charge is -2.22. The van der Waals surface area contributed by atoms with Crippen LogP contribution in [0.1, 0.15) is 19.3 Å².